The molecular weight excluding hydrogens is 856 g/mol. The topological polar surface area (TPSA) is 57.4 Å². The van der Waals surface area contributed by atoms with Gasteiger partial charge in [0.1, 0.15) is 0 Å². The molecule has 0 fully saturated rings. The Balaban J connectivity index is 1.38. The second kappa shape index (κ2) is 15.2. The minimum Gasteiger partial charge on any atom is -0.354 e. The van der Waals surface area contributed by atoms with Gasteiger partial charge in [0.25, 0.3) is 0 Å². The maximum atomic E-state index is 5.93. The SMILES string of the molecule is Cc1cc(C)c(-c2c3nc(c(-c4cc(C(C)(C)C)cc(C(C)(C)C)c4)c4ccc([nH]4)c(-c4c(C)cc(C)cc4C)c4cc5c6ccccc6p6c7ccccc7c7cc2[nH]c7c6c-5n4)C=C3)c(C)c1. The lowest BCUT2D eigenvalue weighted by atomic mass is 9.79. The van der Waals surface area contributed by atoms with Crippen molar-refractivity contribution in [1.82, 2.24) is 19.9 Å². The van der Waals surface area contributed by atoms with Gasteiger partial charge in [-0.25, -0.2) is 9.97 Å². The average Bonchev–Trinajstić information content (AvgIpc) is 4.13. The van der Waals surface area contributed by atoms with Crippen LogP contribution in [0.15, 0.2) is 115 Å². The Morgan fingerprint density at radius 1 is 0.449 bits per heavy atom. The van der Waals surface area contributed by atoms with E-state index in [0.717, 1.165) is 66.9 Å². The molecule has 5 aromatic carbocycles. The van der Waals surface area contributed by atoms with E-state index in [1.165, 1.54) is 92.7 Å². The lowest BCUT2D eigenvalue weighted by molar-refractivity contribution is 0.569. The number of aromatic nitrogens is 4. The Morgan fingerprint density at radius 2 is 0.971 bits per heavy atom. The van der Waals surface area contributed by atoms with Crippen LogP contribution in [0.2, 0.25) is 0 Å². The molecule has 0 saturated heterocycles. The quantitative estimate of drug-likeness (QED) is 0.174. The fourth-order valence-electron chi connectivity index (χ4n) is 11.8. The molecular formula is C64H59N4P. The molecule has 0 amide bonds. The predicted molar refractivity (Wildman–Crippen MR) is 299 cm³/mol. The van der Waals surface area contributed by atoms with Crippen molar-refractivity contribution in [3.05, 3.63) is 171 Å². The first kappa shape index (κ1) is 43.3. The van der Waals surface area contributed by atoms with Gasteiger partial charge in [-0.2, -0.15) is 0 Å². The monoisotopic (exact) mass is 914 g/mol. The van der Waals surface area contributed by atoms with Crippen LogP contribution < -0.4 is 0 Å². The molecule has 0 radical (unpaired) electrons. The number of aromatic amines is 2. The van der Waals surface area contributed by atoms with Crippen molar-refractivity contribution >= 4 is 78.6 Å². The molecule has 3 aliphatic heterocycles. The van der Waals surface area contributed by atoms with Gasteiger partial charge in [-0.3, -0.25) is 0 Å². The molecule has 69 heavy (non-hydrogen) atoms. The molecule has 12 rings (SSSR count). The second-order valence-electron chi connectivity index (χ2n) is 22.1. The van der Waals surface area contributed by atoms with Crippen molar-refractivity contribution in [2.45, 2.75) is 93.9 Å². The van der Waals surface area contributed by atoms with Crippen LogP contribution in [0.5, 0.6) is 0 Å². The van der Waals surface area contributed by atoms with E-state index in [2.05, 4.69) is 220 Å². The summed E-state index contributed by atoms with van der Waals surface area (Å²) in [6, 6.07) is 44.1. The van der Waals surface area contributed by atoms with Crippen LogP contribution in [-0.2, 0) is 10.8 Å². The number of benzene rings is 5. The van der Waals surface area contributed by atoms with E-state index < -0.39 is 7.34 Å². The molecule has 7 heterocycles. The van der Waals surface area contributed by atoms with Crippen LogP contribution >= 0.6 is 7.34 Å². The summed E-state index contributed by atoms with van der Waals surface area (Å²) in [5, 5.41) is 7.79. The molecule has 1 atom stereocenters. The summed E-state index contributed by atoms with van der Waals surface area (Å²) in [7, 11) is -0.968. The predicted octanol–water partition coefficient (Wildman–Crippen LogP) is 18.5. The largest absolute Gasteiger partial charge is 0.354 e. The number of nitrogens with one attached hydrogen (secondary N) is 2. The fraction of sp³-hybridized carbons (Fsp3) is 0.219. The highest BCUT2D eigenvalue weighted by molar-refractivity contribution is 7.62. The summed E-state index contributed by atoms with van der Waals surface area (Å²) in [4.78, 5) is 20.0. The normalized spacial score (nSPS) is 13.1. The van der Waals surface area contributed by atoms with Gasteiger partial charge in [0.15, 0.2) is 0 Å². The third-order valence-corrected chi connectivity index (χ3v) is 17.5. The molecule has 0 spiro atoms. The number of fused-ring (bicyclic) bond motifs is 12. The summed E-state index contributed by atoms with van der Waals surface area (Å²) in [5.41, 5.74) is 26.1. The van der Waals surface area contributed by atoms with Crippen LogP contribution in [0.25, 0.3) is 116 Å². The van der Waals surface area contributed by atoms with E-state index in [1.807, 2.05) is 0 Å². The standard InChI is InChI=1S/C64H59N4P/c1-34-25-36(3)55(37(4)26-34)58-49-23-21-47(65-49)57(40-29-41(63(7,8)9)31-42(30-40)64(10,11)12)48-22-24-50(66-48)59(56-38(5)27-35(2)28-39(56)6)52-33-46-44-18-14-16-20-54(44)69-53-19-15-13-17-43(53)45-32-51(58)67-60(45)62(69)61(46)68-52/h13-33,65,68H,1-12H3. The van der Waals surface area contributed by atoms with Crippen molar-refractivity contribution < 1.29 is 0 Å². The summed E-state index contributed by atoms with van der Waals surface area (Å²) in [6.45, 7) is 27.3. The molecule has 1 unspecified atom stereocenters. The lowest BCUT2D eigenvalue weighted by Crippen LogP contribution is -2.16. The van der Waals surface area contributed by atoms with Crippen LogP contribution in [0.1, 0.15) is 97.4 Å². The first-order valence-electron chi connectivity index (χ1n) is 24.5. The van der Waals surface area contributed by atoms with Crippen LogP contribution in [0.3, 0.4) is 0 Å². The van der Waals surface area contributed by atoms with Crippen molar-refractivity contribution in [2.24, 2.45) is 0 Å². The van der Waals surface area contributed by atoms with Gasteiger partial charge in [0.2, 0.25) is 0 Å². The fourth-order valence-corrected chi connectivity index (χ4v) is 14.6. The molecule has 0 aliphatic carbocycles. The second-order valence-corrected chi connectivity index (χ2v) is 24.1. The van der Waals surface area contributed by atoms with Gasteiger partial charge >= 0.3 is 0 Å². The molecule has 9 aromatic rings. The van der Waals surface area contributed by atoms with Crippen molar-refractivity contribution in [3.63, 3.8) is 0 Å². The molecule has 8 bridgehead atoms. The maximum Gasteiger partial charge on any atom is 0.0853 e. The Bertz CT molecular complexity index is 4020. The van der Waals surface area contributed by atoms with Gasteiger partial charge in [-0.05, 0) is 150 Å². The zero-order valence-electron chi connectivity index (χ0n) is 42.0. The number of H-pyrrole nitrogens is 2. The summed E-state index contributed by atoms with van der Waals surface area (Å²) >= 11 is 0. The highest BCUT2D eigenvalue weighted by Crippen LogP contribution is 2.56. The van der Waals surface area contributed by atoms with E-state index in [9.17, 15) is 0 Å². The van der Waals surface area contributed by atoms with Crippen LogP contribution in [0.4, 0.5) is 0 Å². The molecule has 2 N–H and O–H groups in total. The van der Waals surface area contributed by atoms with Crippen molar-refractivity contribution in [2.75, 3.05) is 0 Å². The van der Waals surface area contributed by atoms with E-state index in [1.54, 1.807) is 0 Å². The molecule has 4 nitrogen and oxygen atoms in total. The zero-order chi connectivity index (χ0) is 48.0. The number of rotatable bonds is 3. The van der Waals surface area contributed by atoms with Crippen molar-refractivity contribution in [1.29, 1.82) is 0 Å². The molecule has 4 aromatic heterocycles. The van der Waals surface area contributed by atoms with Gasteiger partial charge in [0, 0.05) is 59.5 Å². The summed E-state index contributed by atoms with van der Waals surface area (Å²) in [5.74, 6) is 0. The molecule has 0 saturated carbocycles. The molecule has 340 valence electrons. The molecule has 5 heteroatoms. The Kier molecular flexibility index (Phi) is 9.57. The van der Waals surface area contributed by atoms with E-state index in [0.29, 0.717) is 0 Å². The lowest BCUT2D eigenvalue weighted by Gasteiger charge is -2.26. The minimum atomic E-state index is -0.968. The van der Waals surface area contributed by atoms with Gasteiger partial charge in [-0.1, -0.05) is 151 Å². The van der Waals surface area contributed by atoms with Gasteiger partial charge in [-0.15, -0.1) is 0 Å². The number of aryl methyl sites for hydroxylation is 6. The third-order valence-electron chi connectivity index (χ3n) is 14.9. The first-order valence-corrected chi connectivity index (χ1v) is 25.8. The van der Waals surface area contributed by atoms with E-state index in [-0.39, 0.29) is 10.8 Å². The van der Waals surface area contributed by atoms with Gasteiger partial charge < -0.3 is 9.97 Å². The first-order chi connectivity index (χ1) is 32.9. The van der Waals surface area contributed by atoms with Crippen LogP contribution in [-0.4, -0.2) is 19.9 Å². The van der Waals surface area contributed by atoms with Crippen molar-refractivity contribution in [3.8, 4) is 44.6 Å². The summed E-state index contributed by atoms with van der Waals surface area (Å²) < 4.78 is 0. The zero-order valence-corrected chi connectivity index (χ0v) is 42.9. The highest BCUT2D eigenvalue weighted by Gasteiger charge is 2.27. The Labute approximate surface area is 406 Å². The maximum absolute atomic E-state index is 5.93. The number of hydrogen-bond acceptors (Lipinski definition) is 2. The smallest absolute Gasteiger partial charge is 0.0853 e. The van der Waals surface area contributed by atoms with Crippen LogP contribution in [0, 0.1) is 41.5 Å². The van der Waals surface area contributed by atoms with E-state index >= 15 is 0 Å². The van der Waals surface area contributed by atoms with Gasteiger partial charge in [0.05, 0.1) is 28.1 Å². The number of nitrogens with zero attached hydrogens (tertiary/aromatic N) is 2. The highest BCUT2D eigenvalue weighted by atomic mass is 31.1. The average molecular weight is 915 g/mol. The minimum absolute atomic E-state index is 0.0774. The Morgan fingerprint density at radius 3 is 1.57 bits per heavy atom. The van der Waals surface area contributed by atoms with E-state index in [4.69, 9.17) is 9.97 Å². The summed E-state index contributed by atoms with van der Waals surface area (Å²) in [6.07, 6.45) is 4.51. The Hall–Kier alpha value is -7.00. The number of hydrogen-bond donors (Lipinski definition) is 2. The third kappa shape index (κ3) is 6.78. The molecule has 3 aliphatic rings.